The standard InChI is InChI=1S/C21H26ClNO3.ClH/c1-4-26-20(18-6-5-7-19(22)13-18)14-23-15(2)12-16-8-10-17(11-9-16)21(24)25-3;/h5-11,13,15,20,23H,4,12,14H2,1-3H3;1H. The molecular weight excluding hydrogens is 385 g/mol. The SMILES string of the molecule is CCOC(CNC(C)Cc1ccc(C(=O)OC)cc1)c1cccc(Cl)c1.Cl. The maximum Gasteiger partial charge on any atom is 0.337 e. The van der Waals surface area contributed by atoms with E-state index in [1.54, 1.807) is 12.1 Å². The molecule has 0 bridgehead atoms. The number of carbonyl (C=O) groups is 1. The lowest BCUT2D eigenvalue weighted by Gasteiger charge is -2.21. The molecule has 0 aliphatic heterocycles. The van der Waals surface area contributed by atoms with E-state index in [0.29, 0.717) is 23.7 Å². The Kier molecular flexibility index (Phi) is 10.4. The number of ether oxygens (including phenoxy) is 2. The van der Waals surface area contributed by atoms with Gasteiger partial charge in [-0.25, -0.2) is 4.79 Å². The first-order valence-electron chi connectivity index (χ1n) is 8.81. The highest BCUT2D eigenvalue weighted by molar-refractivity contribution is 6.30. The molecule has 0 heterocycles. The molecule has 2 rings (SSSR count). The van der Waals surface area contributed by atoms with Crippen molar-refractivity contribution in [2.75, 3.05) is 20.3 Å². The third kappa shape index (κ3) is 7.51. The lowest BCUT2D eigenvalue weighted by atomic mass is 10.0. The number of benzene rings is 2. The molecule has 0 radical (unpaired) electrons. The van der Waals surface area contributed by atoms with E-state index in [-0.39, 0.29) is 30.5 Å². The Bertz CT molecular complexity index is 707. The van der Waals surface area contributed by atoms with Crippen molar-refractivity contribution < 1.29 is 14.3 Å². The predicted molar refractivity (Wildman–Crippen MR) is 112 cm³/mol. The minimum atomic E-state index is -0.316. The molecule has 148 valence electrons. The molecular formula is C21H27Cl2NO3. The maximum absolute atomic E-state index is 11.5. The molecule has 0 aromatic heterocycles. The Morgan fingerprint density at radius 3 is 2.48 bits per heavy atom. The molecule has 2 atom stereocenters. The zero-order valence-electron chi connectivity index (χ0n) is 15.9. The molecule has 0 aliphatic carbocycles. The zero-order valence-corrected chi connectivity index (χ0v) is 17.5. The molecule has 0 saturated carbocycles. The second-order valence-electron chi connectivity index (χ2n) is 6.20. The molecule has 0 saturated heterocycles. The van der Waals surface area contributed by atoms with Gasteiger partial charge in [0.25, 0.3) is 0 Å². The van der Waals surface area contributed by atoms with Gasteiger partial charge in [-0.15, -0.1) is 12.4 Å². The van der Waals surface area contributed by atoms with Crippen molar-refractivity contribution in [3.8, 4) is 0 Å². The summed E-state index contributed by atoms with van der Waals surface area (Å²) in [6.07, 6.45) is 0.818. The predicted octanol–water partition coefficient (Wildman–Crippen LogP) is 4.85. The number of nitrogens with one attached hydrogen (secondary N) is 1. The van der Waals surface area contributed by atoms with Crippen LogP contribution in [0.3, 0.4) is 0 Å². The maximum atomic E-state index is 11.5. The van der Waals surface area contributed by atoms with E-state index in [2.05, 4.69) is 12.2 Å². The van der Waals surface area contributed by atoms with Crippen molar-refractivity contribution in [1.29, 1.82) is 0 Å². The fraction of sp³-hybridized carbons (Fsp3) is 0.381. The fourth-order valence-corrected chi connectivity index (χ4v) is 3.01. The average Bonchev–Trinajstić information content (AvgIpc) is 2.65. The first-order chi connectivity index (χ1) is 12.5. The first-order valence-corrected chi connectivity index (χ1v) is 9.19. The second-order valence-corrected chi connectivity index (χ2v) is 6.64. The van der Waals surface area contributed by atoms with Crippen LogP contribution in [0.1, 0.15) is 41.4 Å². The van der Waals surface area contributed by atoms with Gasteiger partial charge in [0.05, 0.1) is 18.8 Å². The Hall–Kier alpha value is -1.59. The van der Waals surface area contributed by atoms with Gasteiger partial charge in [-0.05, 0) is 55.7 Å². The lowest BCUT2D eigenvalue weighted by Crippen LogP contribution is -2.33. The van der Waals surface area contributed by atoms with Crippen LogP contribution in [0.5, 0.6) is 0 Å². The van der Waals surface area contributed by atoms with Gasteiger partial charge in [-0.1, -0.05) is 35.9 Å². The summed E-state index contributed by atoms with van der Waals surface area (Å²) in [7, 11) is 1.39. The van der Waals surface area contributed by atoms with Crippen molar-refractivity contribution in [3.05, 3.63) is 70.2 Å². The van der Waals surface area contributed by atoms with Gasteiger partial charge < -0.3 is 14.8 Å². The van der Waals surface area contributed by atoms with Crippen LogP contribution < -0.4 is 5.32 Å². The van der Waals surface area contributed by atoms with Crippen molar-refractivity contribution >= 4 is 30.0 Å². The average molecular weight is 412 g/mol. The van der Waals surface area contributed by atoms with Crippen LogP contribution >= 0.6 is 24.0 Å². The third-order valence-corrected chi connectivity index (χ3v) is 4.39. The van der Waals surface area contributed by atoms with Gasteiger partial charge in [0.2, 0.25) is 0 Å². The highest BCUT2D eigenvalue weighted by Crippen LogP contribution is 2.20. The molecule has 4 nitrogen and oxygen atoms in total. The highest BCUT2D eigenvalue weighted by atomic mass is 35.5. The molecule has 0 fully saturated rings. The summed E-state index contributed by atoms with van der Waals surface area (Å²) in [6, 6.07) is 15.6. The van der Waals surface area contributed by atoms with Crippen molar-refractivity contribution in [2.24, 2.45) is 0 Å². The van der Waals surface area contributed by atoms with Crippen LogP contribution in [0.4, 0.5) is 0 Å². The molecule has 0 amide bonds. The van der Waals surface area contributed by atoms with Crippen LogP contribution in [-0.4, -0.2) is 32.3 Å². The smallest absolute Gasteiger partial charge is 0.337 e. The van der Waals surface area contributed by atoms with E-state index >= 15 is 0 Å². The van der Waals surface area contributed by atoms with Crippen LogP contribution in [0.15, 0.2) is 48.5 Å². The highest BCUT2D eigenvalue weighted by Gasteiger charge is 2.14. The Morgan fingerprint density at radius 2 is 1.89 bits per heavy atom. The normalized spacial score (nSPS) is 12.7. The van der Waals surface area contributed by atoms with E-state index in [0.717, 1.165) is 17.5 Å². The van der Waals surface area contributed by atoms with Gasteiger partial charge in [-0.3, -0.25) is 0 Å². The summed E-state index contributed by atoms with van der Waals surface area (Å²) in [5.41, 5.74) is 2.80. The molecule has 6 heteroatoms. The molecule has 2 aromatic carbocycles. The van der Waals surface area contributed by atoms with E-state index in [1.165, 1.54) is 7.11 Å². The number of hydrogen-bond donors (Lipinski definition) is 1. The number of hydrogen-bond acceptors (Lipinski definition) is 4. The van der Waals surface area contributed by atoms with Gasteiger partial charge in [-0.2, -0.15) is 0 Å². The second kappa shape index (κ2) is 12.0. The van der Waals surface area contributed by atoms with Gasteiger partial charge in [0.15, 0.2) is 0 Å². The molecule has 2 aromatic rings. The van der Waals surface area contributed by atoms with E-state index in [9.17, 15) is 4.79 Å². The molecule has 1 N–H and O–H groups in total. The van der Waals surface area contributed by atoms with Crippen LogP contribution in [0.2, 0.25) is 5.02 Å². The minimum Gasteiger partial charge on any atom is -0.465 e. The van der Waals surface area contributed by atoms with E-state index in [1.807, 2.05) is 43.3 Å². The summed E-state index contributed by atoms with van der Waals surface area (Å²) < 4.78 is 10.6. The number of esters is 1. The number of carbonyl (C=O) groups excluding carboxylic acids is 1. The van der Waals surface area contributed by atoms with E-state index < -0.39 is 0 Å². The third-order valence-electron chi connectivity index (χ3n) is 4.16. The fourth-order valence-electron chi connectivity index (χ4n) is 2.81. The number of rotatable bonds is 9. The van der Waals surface area contributed by atoms with E-state index in [4.69, 9.17) is 21.1 Å². The number of halogens is 2. The van der Waals surface area contributed by atoms with Crippen LogP contribution in [0.25, 0.3) is 0 Å². The summed E-state index contributed by atoms with van der Waals surface area (Å²) in [6.45, 7) is 5.47. The van der Waals surface area contributed by atoms with Crippen LogP contribution in [-0.2, 0) is 15.9 Å². The molecule has 27 heavy (non-hydrogen) atoms. The molecule has 2 unspecified atom stereocenters. The summed E-state index contributed by atoms with van der Waals surface area (Å²) >= 11 is 6.10. The summed E-state index contributed by atoms with van der Waals surface area (Å²) in [5.74, 6) is -0.316. The van der Waals surface area contributed by atoms with Gasteiger partial charge in [0.1, 0.15) is 0 Å². The monoisotopic (exact) mass is 411 g/mol. The summed E-state index contributed by atoms with van der Waals surface area (Å²) in [4.78, 5) is 11.5. The number of methoxy groups -OCH3 is 1. The largest absolute Gasteiger partial charge is 0.465 e. The Labute approximate surface area is 172 Å². The van der Waals surface area contributed by atoms with Gasteiger partial charge in [0, 0.05) is 24.2 Å². The minimum absolute atomic E-state index is 0. The van der Waals surface area contributed by atoms with Crippen molar-refractivity contribution in [3.63, 3.8) is 0 Å². The Balaban J connectivity index is 0.00000364. The van der Waals surface area contributed by atoms with Gasteiger partial charge >= 0.3 is 5.97 Å². The Morgan fingerprint density at radius 1 is 1.19 bits per heavy atom. The molecule has 0 aliphatic rings. The van der Waals surface area contributed by atoms with Crippen LogP contribution in [0, 0.1) is 0 Å². The van der Waals surface area contributed by atoms with Crippen molar-refractivity contribution in [1.82, 2.24) is 5.32 Å². The summed E-state index contributed by atoms with van der Waals surface area (Å²) in [5, 5.41) is 4.24. The zero-order chi connectivity index (χ0) is 18.9. The quantitative estimate of drug-likeness (QED) is 0.599. The lowest BCUT2D eigenvalue weighted by molar-refractivity contribution is 0.0599. The topological polar surface area (TPSA) is 47.6 Å². The first kappa shape index (κ1) is 23.4. The molecule has 0 spiro atoms. The van der Waals surface area contributed by atoms with Crippen molar-refractivity contribution in [2.45, 2.75) is 32.4 Å².